The van der Waals surface area contributed by atoms with Crippen LogP contribution in [0.2, 0.25) is 0 Å². The van der Waals surface area contributed by atoms with Gasteiger partial charge in [-0.05, 0) is 67.3 Å². The number of aryl methyl sites for hydroxylation is 2. The Kier molecular flexibility index (Phi) is 8.02. The van der Waals surface area contributed by atoms with E-state index < -0.39 is 39.6 Å². The summed E-state index contributed by atoms with van der Waals surface area (Å²) in [6.07, 6.45) is -0.0162. The van der Waals surface area contributed by atoms with Crippen LogP contribution < -0.4 is 14.9 Å². The van der Waals surface area contributed by atoms with Crippen LogP contribution in [0.4, 0.5) is 19.3 Å². The van der Waals surface area contributed by atoms with Crippen LogP contribution in [0.3, 0.4) is 0 Å². The van der Waals surface area contributed by atoms with E-state index in [1.165, 1.54) is 35.4 Å². The summed E-state index contributed by atoms with van der Waals surface area (Å²) in [4.78, 5) is 31.7. The summed E-state index contributed by atoms with van der Waals surface area (Å²) in [5, 5.41) is 2.42. The highest BCUT2D eigenvalue weighted by atomic mass is 32.2. The monoisotopic (exact) mass is 558 g/mol. The van der Waals surface area contributed by atoms with Gasteiger partial charge in [0.25, 0.3) is 10.0 Å². The molecule has 2 N–H and O–H groups in total. The second kappa shape index (κ2) is 11.2. The number of benzene rings is 3. The number of sulfonamides is 1. The maximum Gasteiger partial charge on any atom is 0.329 e. The molecule has 198 valence electrons. The van der Waals surface area contributed by atoms with Gasteiger partial charge < -0.3 is 10.2 Å². The Morgan fingerprint density at radius 2 is 1.76 bits per heavy atom. The molecule has 1 aromatic heterocycles. The Hall–Kier alpha value is -3.90. The van der Waals surface area contributed by atoms with Gasteiger partial charge in [-0.3, -0.25) is 4.79 Å². The molecule has 4 aromatic rings. The predicted molar refractivity (Wildman–Crippen MR) is 142 cm³/mol. The lowest BCUT2D eigenvalue weighted by atomic mass is 10.0. The van der Waals surface area contributed by atoms with Crippen molar-refractivity contribution in [1.82, 2.24) is 15.0 Å². The lowest BCUT2D eigenvalue weighted by molar-refractivity contribution is -0.120. The molecule has 1 atom stereocenters. The van der Waals surface area contributed by atoms with E-state index in [2.05, 4.69) is 10.3 Å². The van der Waals surface area contributed by atoms with Crippen LogP contribution >= 0.6 is 11.3 Å². The average molecular weight is 559 g/mol. The van der Waals surface area contributed by atoms with E-state index in [-0.39, 0.29) is 23.3 Å². The van der Waals surface area contributed by atoms with Crippen molar-refractivity contribution < 1.29 is 26.8 Å². The van der Waals surface area contributed by atoms with E-state index in [1.54, 1.807) is 36.7 Å². The van der Waals surface area contributed by atoms with Gasteiger partial charge in [0.05, 0.1) is 20.6 Å². The first-order chi connectivity index (χ1) is 18.0. The standard InChI is InChI=1S/C26H24F2N4O4S2/c1-16-5-3-4-6-24(16)38(35,36)31-26(34)30-21(9-7-17-11-18(27)13-19(28)12-17)25(33)32(2)20-8-10-23-22(14-20)29-15-37-23/h3-6,8,10-15,21H,7,9H2,1-2H3,(H2,30,31,34)/t21-/m0/s1. The van der Waals surface area contributed by atoms with Crippen molar-refractivity contribution >= 4 is 49.2 Å². The Balaban J connectivity index is 1.56. The number of hydrogen-bond acceptors (Lipinski definition) is 6. The summed E-state index contributed by atoms with van der Waals surface area (Å²) < 4.78 is 55.8. The minimum absolute atomic E-state index is 0.0366. The normalized spacial score (nSPS) is 12.2. The number of halogens is 2. The van der Waals surface area contributed by atoms with Gasteiger partial charge in [0.1, 0.15) is 17.7 Å². The van der Waals surface area contributed by atoms with E-state index >= 15 is 0 Å². The molecule has 0 aliphatic heterocycles. The van der Waals surface area contributed by atoms with Crippen LogP contribution in [0.1, 0.15) is 17.5 Å². The summed E-state index contributed by atoms with van der Waals surface area (Å²) in [6.45, 7) is 1.59. The van der Waals surface area contributed by atoms with Gasteiger partial charge in [-0.25, -0.2) is 31.7 Å². The van der Waals surface area contributed by atoms with Crippen molar-refractivity contribution in [2.24, 2.45) is 0 Å². The Morgan fingerprint density at radius 3 is 2.47 bits per heavy atom. The number of carbonyl (C=O) groups is 2. The lowest BCUT2D eigenvalue weighted by Gasteiger charge is -2.25. The van der Waals surface area contributed by atoms with Gasteiger partial charge in [-0.2, -0.15) is 0 Å². The molecule has 0 saturated heterocycles. The van der Waals surface area contributed by atoms with Gasteiger partial charge in [-0.15, -0.1) is 11.3 Å². The van der Waals surface area contributed by atoms with Gasteiger partial charge in [0, 0.05) is 18.8 Å². The number of amides is 3. The molecule has 3 aromatic carbocycles. The number of rotatable bonds is 8. The maximum absolute atomic E-state index is 13.7. The number of likely N-dealkylation sites (N-methyl/N-ethyl adjacent to an activating group) is 1. The molecule has 4 rings (SSSR count). The Labute approximate surface area is 222 Å². The fourth-order valence-electron chi connectivity index (χ4n) is 3.96. The quantitative estimate of drug-likeness (QED) is 0.330. The summed E-state index contributed by atoms with van der Waals surface area (Å²) in [6, 6.07) is 12.0. The number of hydrogen-bond donors (Lipinski definition) is 2. The van der Waals surface area contributed by atoms with E-state index in [1.807, 2.05) is 10.8 Å². The first-order valence-electron chi connectivity index (χ1n) is 11.5. The van der Waals surface area contributed by atoms with Crippen molar-refractivity contribution in [3.8, 4) is 0 Å². The van der Waals surface area contributed by atoms with E-state index in [9.17, 15) is 26.8 Å². The smallest absolute Gasteiger partial charge is 0.325 e. The maximum atomic E-state index is 13.7. The fourth-order valence-corrected chi connectivity index (χ4v) is 5.78. The summed E-state index contributed by atoms with van der Waals surface area (Å²) in [5.41, 5.74) is 3.59. The number of carbonyl (C=O) groups excluding carboxylic acids is 2. The molecule has 0 bridgehead atoms. The van der Waals surface area contributed by atoms with Crippen molar-refractivity contribution in [2.45, 2.75) is 30.7 Å². The number of nitrogens with one attached hydrogen (secondary N) is 2. The first-order valence-corrected chi connectivity index (χ1v) is 13.8. The molecule has 12 heteroatoms. The molecule has 0 radical (unpaired) electrons. The van der Waals surface area contributed by atoms with Gasteiger partial charge in [0.15, 0.2) is 0 Å². The molecule has 1 heterocycles. The number of aromatic nitrogens is 1. The highest BCUT2D eigenvalue weighted by Crippen LogP contribution is 2.24. The lowest BCUT2D eigenvalue weighted by Crippen LogP contribution is -2.51. The summed E-state index contributed by atoms with van der Waals surface area (Å²) in [5.74, 6) is -2.10. The number of thiazole rings is 1. The SMILES string of the molecule is Cc1ccccc1S(=O)(=O)NC(=O)N[C@@H](CCc1cc(F)cc(F)c1)C(=O)N(C)c1ccc2scnc2c1. The van der Waals surface area contributed by atoms with Crippen molar-refractivity contribution in [2.75, 3.05) is 11.9 Å². The van der Waals surface area contributed by atoms with Gasteiger partial charge in [-0.1, -0.05) is 18.2 Å². The molecule has 0 aliphatic rings. The third-order valence-electron chi connectivity index (χ3n) is 5.89. The minimum atomic E-state index is -4.22. The number of urea groups is 1. The molecule has 0 spiro atoms. The zero-order valence-corrected chi connectivity index (χ0v) is 22.1. The molecule has 0 saturated carbocycles. The second-order valence-corrected chi connectivity index (χ2v) is 11.2. The molecular formula is C26H24F2N4O4S2. The van der Waals surface area contributed by atoms with Gasteiger partial charge in [0.2, 0.25) is 5.91 Å². The largest absolute Gasteiger partial charge is 0.329 e. The second-order valence-electron chi connectivity index (χ2n) is 8.62. The van der Waals surface area contributed by atoms with Crippen LogP contribution in [0, 0.1) is 18.6 Å². The third kappa shape index (κ3) is 6.32. The molecular weight excluding hydrogens is 534 g/mol. The third-order valence-corrected chi connectivity index (χ3v) is 8.19. The van der Waals surface area contributed by atoms with Gasteiger partial charge >= 0.3 is 6.03 Å². The Bertz CT molecular complexity index is 1590. The van der Waals surface area contributed by atoms with Crippen LogP contribution in [0.15, 0.2) is 71.1 Å². The van der Waals surface area contributed by atoms with E-state index in [0.29, 0.717) is 16.8 Å². The van der Waals surface area contributed by atoms with Crippen LogP contribution in [-0.2, 0) is 21.2 Å². The Morgan fingerprint density at radius 1 is 1.05 bits per heavy atom. The van der Waals surface area contributed by atoms with Crippen molar-refractivity contribution in [3.05, 3.63) is 88.9 Å². The van der Waals surface area contributed by atoms with Crippen molar-refractivity contribution in [3.63, 3.8) is 0 Å². The van der Waals surface area contributed by atoms with Crippen LogP contribution in [0.5, 0.6) is 0 Å². The van der Waals surface area contributed by atoms with Crippen LogP contribution in [-0.4, -0.2) is 38.4 Å². The summed E-state index contributed by atoms with van der Waals surface area (Å²) >= 11 is 1.45. The average Bonchev–Trinajstić information content (AvgIpc) is 3.33. The number of fused-ring (bicyclic) bond motifs is 1. The van der Waals surface area contributed by atoms with Crippen molar-refractivity contribution in [1.29, 1.82) is 0 Å². The number of nitrogens with zero attached hydrogens (tertiary/aromatic N) is 2. The predicted octanol–water partition coefficient (Wildman–Crippen LogP) is 4.54. The zero-order valence-electron chi connectivity index (χ0n) is 20.4. The minimum Gasteiger partial charge on any atom is -0.325 e. The van der Waals surface area contributed by atoms with Crippen LogP contribution in [0.25, 0.3) is 10.2 Å². The molecule has 8 nitrogen and oxygen atoms in total. The first kappa shape index (κ1) is 27.1. The topological polar surface area (TPSA) is 108 Å². The number of anilines is 1. The highest BCUT2D eigenvalue weighted by Gasteiger charge is 2.27. The molecule has 0 aliphatic carbocycles. The fraction of sp³-hybridized carbons (Fsp3) is 0.192. The molecule has 3 amide bonds. The highest BCUT2D eigenvalue weighted by molar-refractivity contribution is 7.90. The summed E-state index contributed by atoms with van der Waals surface area (Å²) in [7, 11) is -2.72. The van der Waals surface area contributed by atoms with E-state index in [4.69, 9.17) is 0 Å². The molecule has 38 heavy (non-hydrogen) atoms. The molecule has 0 fully saturated rings. The molecule has 0 unspecified atom stereocenters. The zero-order chi connectivity index (χ0) is 27.4. The van der Waals surface area contributed by atoms with E-state index in [0.717, 1.165) is 22.9 Å².